The summed E-state index contributed by atoms with van der Waals surface area (Å²) in [6, 6.07) is -0.618. The third kappa shape index (κ3) is 7.12. The van der Waals surface area contributed by atoms with E-state index >= 15 is 0 Å². The molecule has 1 amide bonds. The minimum absolute atomic E-state index is 0.0309. The number of aliphatic hydroxyl groups excluding tert-OH is 1. The first-order valence-corrected chi connectivity index (χ1v) is 6.54. The van der Waals surface area contributed by atoms with Gasteiger partial charge in [0.15, 0.2) is 0 Å². The lowest BCUT2D eigenvalue weighted by atomic mass is 10.1. The molecule has 17 heavy (non-hydrogen) atoms. The summed E-state index contributed by atoms with van der Waals surface area (Å²) in [5.74, 6) is -0.202. The van der Waals surface area contributed by atoms with Gasteiger partial charge < -0.3 is 15.2 Å². The zero-order valence-electron chi connectivity index (χ0n) is 10.3. The molecule has 5 nitrogen and oxygen atoms in total. The third-order valence-corrected chi connectivity index (χ3v) is 3.44. The van der Waals surface area contributed by atoms with Crippen molar-refractivity contribution in [3.8, 4) is 0 Å². The van der Waals surface area contributed by atoms with E-state index in [-0.39, 0.29) is 11.7 Å². The van der Waals surface area contributed by atoms with Crippen molar-refractivity contribution in [2.45, 2.75) is 32.9 Å². The van der Waals surface area contributed by atoms with Gasteiger partial charge in [-0.05, 0) is 13.8 Å². The van der Waals surface area contributed by atoms with Gasteiger partial charge in [-0.1, -0.05) is 6.92 Å². The summed E-state index contributed by atoms with van der Waals surface area (Å²) in [6.45, 7) is 4.58. The van der Waals surface area contributed by atoms with Crippen molar-refractivity contribution in [3.05, 3.63) is 0 Å². The van der Waals surface area contributed by atoms with Gasteiger partial charge in [-0.25, -0.2) is 0 Å². The highest BCUT2D eigenvalue weighted by atomic mass is 32.2. The second-order valence-corrected chi connectivity index (χ2v) is 5.03. The molecule has 0 spiro atoms. The summed E-state index contributed by atoms with van der Waals surface area (Å²) in [7, 11) is 0. The number of aliphatic hydroxyl groups is 1. The Morgan fingerprint density at radius 3 is 2.41 bits per heavy atom. The van der Waals surface area contributed by atoms with E-state index in [9.17, 15) is 19.5 Å². The van der Waals surface area contributed by atoms with E-state index in [0.717, 1.165) is 0 Å². The quantitative estimate of drug-likeness (QED) is 0.601. The smallest absolute Gasteiger partial charge is 0.226 e. The predicted octanol–water partition coefficient (Wildman–Crippen LogP) is 0.00920. The normalized spacial score (nSPS) is 15.8. The molecule has 1 unspecified atom stereocenters. The minimum Gasteiger partial charge on any atom is -0.393 e. The zero-order valence-corrected chi connectivity index (χ0v) is 11.1. The van der Waals surface area contributed by atoms with Crippen LogP contribution < -0.4 is 5.32 Å². The van der Waals surface area contributed by atoms with Crippen molar-refractivity contribution in [2.75, 3.05) is 11.5 Å². The standard InChI is InChI=1S/C11H19NO4S/c1-7(14)5-17-6-10(4-13)12-11(16)8(2)9(3)15/h4,8-10,15H,5-6H2,1-3H3,(H,12,16)/t8-,9?,10+/m0/s1. The van der Waals surface area contributed by atoms with Crippen LogP contribution in [0.4, 0.5) is 0 Å². The molecule has 0 aromatic rings. The molecule has 0 saturated heterocycles. The Morgan fingerprint density at radius 2 is 2.00 bits per heavy atom. The van der Waals surface area contributed by atoms with Gasteiger partial charge in [0.1, 0.15) is 12.1 Å². The molecule has 0 fully saturated rings. The largest absolute Gasteiger partial charge is 0.393 e. The molecule has 0 aromatic heterocycles. The van der Waals surface area contributed by atoms with Crippen molar-refractivity contribution in [1.82, 2.24) is 5.32 Å². The van der Waals surface area contributed by atoms with Gasteiger partial charge in [0.25, 0.3) is 0 Å². The number of carbonyl (C=O) groups excluding carboxylic acids is 3. The highest BCUT2D eigenvalue weighted by molar-refractivity contribution is 8.00. The number of aldehydes is 1. The van der Waals surface area contributed by atoms with Crippen LogP contribution in [0.5, 0.6) is 0 Å². The molecule has 0 aliphatic rings. The van der Waals surface area contributed by atoms with E-state index in [2.05, 4.69) is 5.32 Å². The fourth-order valence-electron chi connectivity index (χ4n) is 0.978. The van der Waals surface area contributed by atoms with E-state index in [4.69, 9.17) is 0 Å². The van der Waals surface area contributed by atoms with E-state index < -0.39 is 18.1 Å². The number of ketones is 1. The molecular formula is C11H19NO4S. The molecule has 0 bridgehead atoms. The highest BCUT2D eigenvalue weighted by Gasteiger charge is 2.20. The number of Topliss-reactive ketones (excluding diaryl/α,β-unsaturated/α-hetero) is 1. The molecule has 6 heteroatoms. The van der Waals surface area contributed by atoms with Gasteiger partial charge in [-0.2, -0.15) is 11.8 Å². The predicted molar refractivity (Wildman–Crippen MR) is 66.8 cm³/mol. The molecule has 98 valence electrons. The number of carbonyl (C=O) groups is 3. The molecule has 0 aliphatic carbocycles. The van der Waals surface area contributed by atoms with Gasteiger partial charge in [0.05, 0.1) is 23.8 Å². The van der Waals surface area contributed by atoms with Crippen molar-refractivity contribution in [3.63, 3.8) is 0 Å². The number of thioether (sulfide) groups is 1. The molecule has 0 aliphatic heterocycles. The summed E-state index contributed by atoms with van der Waals surface area (Å²) in [5.41, 5.74) is 0. The monoisotopic (exact) mass is 261 g/mol. The van der Waals surface area contributed by atoms with Crippen LogP contribution in [0.3, 0.4) is 0 Å². The van der Waals surface area contributed by atoms with Crippen LogP contribution in [0.15, 0.2) is 0 Å². The molecular weight excluding hydrogens is 242 g/mol. The van der Waals surface area contributed by atoms with Crippen LogP contribution in [0.1, 0.15) is 20.8 Å². The summed E-state index contributed by atoms with van der Waals surface area (Å²) in [4.78, 5) is 33.0. The first kappa shape index (κ1) is 16.1. The van der Waals surface area contributed by atoms with Gasteiger partial charge in [0.2, 0.25) is 5.91 Å². The molecule has 2 N–H and O–H groups in total. The summed E-state index contributed by atoms with van der Waals surface area (Å²) < 4.78 is 0. The molecule has 3 atom stereocenters. The van der Waals surface area contributed by atoms with Crippen LogP contribution >= 0.6 is 11.8 Å². The third-order valence-electron chi connectivity index (χ3n) is 2.23. The lowest BCUT2D eigenvalue weighted by Crippen LogP contribution is -2.43. The Balaban J connectivity index is 4.08. The maximum absolute atomic E-state index is 11.5. The number of rotatable bonds is 8. The zero-order chi connectivity index (χ0) is 13.4. The number of hydrogen-bond acceptors (Lipinski definition) is 5. The van der Waals surface area contributed by atoms with Crippen molar-refractivity contribution in [1.29, 1.82) is 0 Å². The van der Waals surface area contributed by atoms with E-state index in [1.54, 1.807) is 6.92 Å². The number of hydrogen-bond donors (Lipinski definition) is 2. The van der Waals surface area contributed by atoms with E-state index in [1.165, 1.54) is 25.6 Å². The van der Waals surface area contributed by atoms with Crippen LogP contribution in [-0.4, -0.2) is 46.7 Å². The average Bonchev–Trinajstić information content (AvgIpc) is 2.25. The first-order valence-electron chi connectivity index (χ1n) is 5.39. The topological polar surface area (TPSA) is 83.5 Å². The Morgan fingerprint density at radius 1 is 1.41 bits per heavy atom. The maximum Gasteiger partial charge on any atom is 0.226 e. The number of nitrogens with one attached hydrogen (secondary N) is 1. The Bertz CT molecular complexity index is 281. The summed E-state index contributed by atoms with van der Waals surface area (Å²) in [6.07, 6.45) is -0.119. The second-order valence-electron chi connectivity index (χ2n) is 4.00. The van der Waals surface area contributed by atoms with Gasteiger partial charge >= 0.3 is 0 Å². The van der Waals surface area contributed by atoms with Crippen LogP contribution in [-0.2, 0) is 14.4 Å². The van der Waals surface area contributed by atoms with Gasteiger partial charge in [-0.15, -0.1) is 0 Å². The highest BCUT2D eigenvalue weighted by Crippen LogP contribution is 2.05. The summed E-state index contributed by atoms with van der Waals surface area (Å²) >= 11 is 1.30. The Hall–Kier alpha value is -0.880. The lowest BCUT2D eigenvalue weighted by Gasteiger charge is -2.18. The molecule has 0 radical (unpaired) electrons. The minimum atomic E-state index is -0.757. The summed E-state index contributed by atoms with van der Waals surface area (Å²) in [5, 5.41) is 11.7. The first-order chi connectivity index (χ1) is 7.88. The van der Waals surface area contributed by atoms with Crippen molar-refractivity contribution < 1.29 is 19.5 Å². The van der Waals surface area contributed by atoms with Crippen LogP contribution in [0.2, 0.25) is 0 Å². The fourth-order valence-corrected chi connectivity index (χ4v) is 1.80. The van der Waals surface area contributed by atoms with Gasteiger partial charge in [0, 0.05) is 5.75 Å². The second kappa shape index (κ2) is 8.25. The van der Waals surface area contributed by atoms with Crippen LogP contribution in [0.25, 0.3) is 0 Å². The Kier molecular flexibility index (Phi) is 7.82. The molecule has 0 aromatic carbocycles. The molecule has 0 rings (SSSR count). The maximum atomic E-state index is 11.5. The average molecular weight is 261 g/mol. The number of amides is 1. The van der Waals surface area contributed by atoms with E-state index in [0.29, 0.717) is 17.8 Å². The molecule has 0 saturated carbocycles. The Labute approximate surface area is 105 Å². The van der Waals surface area contributed by atoms with E-state index in [1.807, 2.05) is 0 Å². The van der Waals surface area contributed by atoms with Crippen LogP contribution in [0, 0.1) is 5.92 Å². The lowest BCUT2D eigenvalue weighted by molar-refractivity contribution is -0.129. The van der Waals surface area contributed by atoms with Gasteiger partial charge in [-0.3, -0.25) is 9.59 Å². The van der Waals surface area contributed by atoms with Crippen molar-refractivity contribution >= 4 is 29.7 Å². The fraction of sp³-hybridized carbons (Fsp3) is 0.727. The van der Waals surface area contributed by atoms with Crippen molar-refractivity contribution in [2.24, 2.45) is 5.92 Å². The SMILES string of the molecule is CC(=O)CSC[C@@H](C=O)NC(=O)[C@@H](C)C(C)O. The molecule has 0 heterocycles.